The van der Waals surface area contributed by atoms with Crippen LogP contribution in [0.2, 0.25) is 0 Å². The van der Waals surface area contributed by atoms with Crippen molar-refractivity contribution in [3.63, 3.8) is 0 Å². The molecule has 0 spiro atoms. The zero-order valence-corrected chi connectivity index (χ0v) is 14.1. The van der Waals surface area contributed by atoms with Crippen molar-refractivity contribution in [1.82, 2.24) is 4.98 Å². The van der Waals surface area contributed by atoms with Crippen molar-refractivity contribution in [3.05, 3.63) is 89.7 Å². The number of nitriles is 1. The molecule has 3 rings (SSSR count). The Labute approximate surface area is 152 Å². The van der Waals surface area contributed by atoms with Crippen molar-refractivity contribution in [3.8, 4) is 6.07 Å². The number of nitrogens with zero attached hydrogens (tertiary/aromatic N) is 2. The van der Waals surface area contributed by atoms with Gasteiger partial charge in [0.25, 0.3) is 5.91 Å². The summed E-state index contributed by atoms with van der Waals surface area (Å²) in [5.41, 5.74) is 3.26. The number of carbonyl (C=O) groups is 1. The van der Waals surface area contributed by atoms with E-state index in [1.807, 2.05) is 24.3 Å². The van der Waals surface area contributed by atoms with Gasteiger partial charge in [-0.25, -0.2) is 0 Å². The number of hydrogen-bond donors (Lipinski definition) is 2. The molecule has 2 aromatic carbocycles. The monoisotopic (exact) mass is 342 g/mol. The summed E-state index contributed by atoms with van der Waals surface area (Å²) in [4.78, 5) is 16.5. The number of amides is 1. The molecule has 0 atom stereocenters. The first kappa shape index (κ1) is 17.2. The van der Waals surface area contributed by atoms with Gasteiger partial charge in [0, 0.05) is 18.4 Å². The molecular formula is C21H18N4O. The average Bonchev–Trinajstić information content (AvgIpc) is 2.69. The fourth-order valence-electron chi connectivity index (χ4n) is 2.54. The van der Waals surface area contributed by atoms with E-state index in [0.717, 1.165) is 18.7 Å². The van der Waals surface area contributed by atoms with E-state index >= 15 is 0 Å². The summed E-state index contributed by atoms with van der Waals surface area (Å²) in [5, 5.41) is 15.1. The SMILES string of the molecule is N#Cc1ccccc1NC(=O)c1cc(NCCc2ccccc2)ccn1. The Bertz CT molecular complexity index is 932. The molecule has 0 aliphatic carbocycles. The van der Waals surface area contributed by atoms with Crippen LogP contribution < -0.4 is 10.6 Å². The molecule has 0 fully saturated rings. The van der Waals surface area contributed by atoms with Crippen LogP contribution in [-0.2, 0) is 6.42 Å². The maximum Gasteiger partial charge on any atom is 0.274 e. The lowest BCUT2D eigenvalue weighted by Gasteiger charge is -2.09. The molecule has 1 amide bonds. The van der Waals surface area contributed by atoms with Crippen molar-refractivity contribution in [2.45, 2.75) is 6.42 Å². The van der Waals surface area contributed by atoms with E-state index in [-0.39, 0.29) is 5.91 Å². The Kier molecular flexibility index (Phi) is 5.58. The van der Waals surface area contributed by atoms with E-state index in [9.17, 15) is 4.79 Å². The van der Waals surface area contributed by atoms with E-state index in [1.165, 1.54) is 5.56 Å². The van der Waals surface area contributed by atoms with Gasteiger partial charge in [0.2, 0.25) is 0 Å². The lowest BCUT2D eigenvalue weighted by atomic mass is 10.1. The quantitative estimate of drug-likeness (QED) is 0.713. The third-order valence-electron chi connectivity index (χ3n) is 3.87. The Morgan fingerprint density at radius 3 is 2.62 bits per heavy atom. The summed E-state index contributed by atoms with van der Waals surface area (Å²) in [6.45, 7) is 0.756. The predicted molar refractivity (Wildman–Crippen MR) is 102 cm³/mol. The van der Waals surface area contributed by atoms with Gasteiger partial charge >= 0.3 is 0 Å². The van der Waals surface area contributed by atoms with Gasteiger partial charge in [-0.05, 0) is 36.2 Å². The molecule has 0 aliphatic heterocycles. The van der Waals surface area contributed by atoms with Gasteiger partial charge in [-0.15, -0.1) is 0 Å². The van der Waals surface area contributed by atoms with E-state index in [1.54, 1.807) is 36.5 Å². The zero-order valence-electron chi connectivity index (χ0n) is 14.1. The molecule has 0 unspecified atom stereocenters. The third kappa shape index (κ3) is 4.46. The van der Waals surface area contributed by atoms with E-state index in [2.05, 4.69) is 33.8 Å². The highest BCUT2D eigenvalue weighted by atomic mass is 16.1. The second-order valence-electron chi connectivity index (χ2n) is 5.70. The Balaban J connectivity index is 1.63. The van der Waals surface area contributed by atoms with Crippen LogP contribution in [0, 0.1) is 11.3 Å². The molecule has 128 valence electrons. The van der Waals surface area contributed by atoms with Gasteiger partial charge in [-0.1, -0.05) is 42.5 Å². The van der Waals surface area contributed by atoms with Gasteiger partial charge in [-0.2, -0.15) is 5.26 Å². The zero-order chi connectivity index (χ0) is 18.2. The Hall–Kier alpha value is -3.65. The van der Waals surface area contributed by atoms with Gasteiger partial charge in [0.1, 0.15) is 11.8 Å². The smallest absolute Gasteiger partial charge is 0.274 e. The highest BCUT2D eigenvalue weighted by Crippen LogP contribution is 2.16. The number of hydrogen-bond acceptors (Lipinski definition) is 4. The number of nitrogens with one attached hydrogen (secondary N) is 2. The lowest BCUT2D eigenvalue weighted by Crippen LogP contribution is -2.15. The first-order valence-electron chi connectivity index (χ1n) is 8.30. The molecule has 5 nitrogen and oxygen atoms in total. The van der Waals surface area contributed by atoms with Crippen LogP contribution in [-0.4, -0.2) is 17.4 Å². The number of aromatic nitrogens is 1. The van der Waals surface area contributed by atoms with Crippen molar-refractivity contribution in [1.29, 1.82) is 5.26 Å². The third-order valence-corrected chi connectivity index (χ3v) is 3.87. The molecule has 0 saturated carbocycles. The maximum absolute atomic E-state index is 12.4. The number of rotatable bonds is 6. The first-order chi connectivity index (χ1) is 12.8. The van der Waals surface area contributed by atoms with Gasteiger partial charge < -0.3 is 10.6 Å². The summed E-state index contributed by atoms with van der Waals surface area (Å²) in [7, 11) is 0. The molecule has 0 aliphatic rings. The van der Waals surface area contributed by atoms with E-state index in [4.69, 9.17) is 5.26 Å². The van der Waals surface area contributed by atoms with Crippen LogP contribution in [0.1, 0.15) is 21.6 Å². The average molecular weight is 342 g/mol. The van der Waals surface area contributed by atoms with E-state index in [0.29, 0.717) is 16.9 Å². The van der Waals surface area contributed by atoms with Crippen molar-refractivity contribution >= 4 is 17.3 Å². The number of carbonyl (C=O) groups excluding carboxylic acids is 1. The normalized spacial score (nSPS) is 9.96. The second kappa shape index (κ2) is 8.45. The summed E-state index contributed by atoms with van der Waals surface area (Å²) in [5.74, 6) is -0.348. The second-order valence-corrected chi connectivity index (χ2v) is 5.70. The molecule has 3 aromatic rings. The highest BCUT2D eigenvalue weighted by Gasteiger charge is 2.10. The van der Waals surface area contributed by atoms with Crippen LogP contribution in [0.15, 0.2) is 72.9 Å². The number of anilines is 2. The fourth-order valence-corrected chi connectivity index (χ4v) is 2.54. The Morgan fingerprint density at radius 1 is 1.04 bits per heavy atom. The molecule has 0 bridgehead atoms. The van der Waals surface area contributed by atoms with E-state index < -0.39 is 0 Å². The van der Waals surface area contributed by atoms with Crippen LogP contribution in [0.5, 0.6) is 0 Å². The topological polar surface area (TPSA) is 77.8 Å². The molecule has 2 N–H and O–H groups in total. The van der Waals surface area contributed by atoms with Crippen molar-refractivity contribution in [2.75, 3.05) is 17.2 Å². The first-order valence-corrected chi connectivity index (χ1v) is 8.30. The standard InChI is InChI=1S/C21H18N4O/c22-15-17-8-4-5-9-19(17)25-21(26)20-14-18(11-13-24-20)23-12-10-16-6-2-1-3-7-16/h1-9,11,13-14H,10,12H2,(H,23,24)(H,25,26). The molecule has 1 heterocycles. The molecule has 5 heteroatoms. The Morgan fingerprint density at radius 2 is 1.81 bits per heavy atom. The predicted octanol–water partition coefficient (Wildman–Crippen LogP) is 3.86. The molecule has 1 aromatic heterocycles. The van der Waals surface area contributed by atoms with Crippen LogP contribution in [0.4, 0.5) is 11.4 Å². The molecule has 26 heavy (non-hydrogen) atoms. The number of para-hydroxylation sites is 1. The van der Waals surface area contributed by atoms with Crippen LogP contribution >= 0.6 is 0 Å². The number of pyridine rings is 1. The van der Waals surface area contributed by atoms with Crippen molar-refractivity contribution < 1.29 is 4.79 Å². The van der Waals surface area contributed by atoms with Gasteiger partial charge in [0.15, 0.2) is 0 Å². The largest absolute Gasteiger partial charge is 0.385 e. The molecule has 0 radical (unpaired) electrons. The van der Waals surface area contributed by atoms with Gasteiger partial charge in [-0.3, -0.25) is 9.78 Å². The van der Waals surface area contributed by atoms with Crippen LogP contribution in [0.25, 0.3) is 0 Å². The molecule has 0 saturated heterocycles. The summed E-state index contributed by atoms with van der Waals surface area (Å²) >= 11 is 0. The minimum atomic E-state index is -0.348. The van der Waals surface area contributed by atoms with Gasteiger partial charge in [0.05, 0.1) is 11.3 Å². The minimum absolute atomic E-state index is 0.294. The van der Waals surface area contributed by atoms with Crippen LogP contribution in [0.3, 0.4) is 0 Å². The number of benzene rings is 2. The summed E-state index contributed by atoms with van der Waals surface area (Å²) < 4.78 is 0. The molecular weight excluding hydrogens is 324 g/mol. The minimum Gasteiger partial charge on any atom is -0.385 e. The summed E-state index contributed by atoms with van der Waals surface area (Å²) in [6, 6.07) is 22.7. The highest BCUT2D eigenvalue weighted by molar-refractivity contribution is 6.04. The summed E-state index contributed by atoms with van der Waals surface area (Å²) in [6.07, 6.45) is 2.48. The maximum atomic E-state index is 12.4. The lowest BCUT2D eigenvalue weighted by molar-refractivity contribution is 0.102. The fraction of sp³-hybridized carbons (Fsp3) is 0.0952. The van der Waals surface area contributed by atoms with Crippen molar-refractivity contribution in [2.24, 2.45) is 0 Å².